The Morgan fingerprint density at radius 2 is 1.81 bits per heavy atom. The van der Waals surface area contributed by atoms with Gasteiger partial charge in [0.15, 0.2) is 0 Å². The molecule has 0 atom stereocenters. The summed E-state index contributed by atoms with van der Waals surface area (Å²) in [5.41, 5.74) is 2.78. The molecule has 0 amide bonds. The zero-order valence-corrected chi connectivity index (χ0v) is 13.6. The van der Waals surface area contributed by atoms with Gasteiger partial charge in [-0.1, -0.05) is 32.0 Å². The van der Waals surface area contributed by atoms with E-state index in [2.05, 4.69) is 48.3 Å². The first-order chi connectivity index (χ1) is 10.2. The van der Waals surface area contributed by atoms with Crippen molar-refractivity contribution in [1.82, 2.24) is 5.32 Å². The highest BCUT2D eigenvalue weighted by atomic mass is 16.3. The van der Waals surface area contributed by atoms with E-state index < -0.39 is 0 Å². The normalized spacial score (nSPS) is 15.7. The third-order valence-electron chi connectivity index (χ3n) is 5.09. The van der Waals surface area contributed by atoms with Crippen molar-refractivity contribution in [2.24, 2.45) is 5.41 Å². The highest BCUT2D eigenvalue weighted by Gasteiger charge is 2.24. The molecule has 0 aromatic heterocycles. The molecule has 21 heavy (non-hydrogen) atoms. The van der Waals surface area contributed by atoms with E-state index in [1.165, 1.54) is 37.2 Å². The molecule has 3 heteroatoms. The Bertz CT molecular complexity index is 415. The fourth-order valence-corrected chi connectivity index (χ4v) is 3.17. The first-order valence-electron chi connectivity index (χ1n) is 8.39. The molecule has 3 nitrogen and oxygen atoms in total. The Morgan fingerprint density at radius 3 is 2.43 bits per heavy atom. The van der Waals surface area contributed by atoms with E-state index in [1.807, 2.05) is 0 Å². The van der Waals surface area contributed by atoms with Gasteiger partial charge in [-0.2, -0.15) is 0 Å². The van der Waals surface area contributed by atoms with E-state index in [9.17, 15) is 5.11 Å². The van der Waals surface area contributed by atoms with Crippen LogP contribution >= 0.6 is 0 Å². The molecule has 2 N–H and O–H groups in total. The maximum absolute atomic E-state index is 9.65. The Hall–Kier alpha value is -1.06. The standard InChI is InChI=1S/C18H30N2O/c1-3-18(4-2,15-21)14-19-13-16-9-5-6-10-17(16)20-11-7-8-12-20/h5-6,9-10,19,21H,3-4,7-8,11-15H2,1-2H3. The number of rotatable bonds is 8. The van der Waals surface area contributed by atoms with Crippen LogP contribution in [-0.4, -0.2) is 31.3 Å². The molecule has 1 aliphatic heterocycles. The highest BCUT2D eigenvalue weighted by molar-refractivity contribution is 5.54. The summed E-state index contributed by atoms with van der Waals surface area (Å²) in [5, 5.41) is 13.2. The molecular formula is C18H30N2O. The Morgan fingerprint density at radius 1 is 1.14 bits per heavy atom. The molecule has 1 saturated heterocycles. The molecule has 0 bridgehead atoms. The van der Waals surface area contributed by atoms with Crippen molar-refractivity contribution >= 4 is 5.69 Å². The Balaban J connectivity index is 1.97. The summed E-state index contributed by atoms with van der Waals surface area (Å²) in [5.74, 6) is 0. The van der Waals surface area contributed by atoms with Crippen molar-refractivity contribution in [3.8, 4) is 0 Å². The van der Waals surface area contributed by atoms with Crippen LogP contribution in [-0.2, 0) is 6.54 Å². The predicted octanol–water partition coefficient (Wildman–Crippen LogP) is 3.18. The van der Waals surface area contributed by atoms with Gasteiger partial charge in [-0.3, -0.25) is 0 Å². The number of nitrogens with zero attached hydrogens (tertiary/aromatic N) is 1. The number of benzene rings is 1. The van der Waals surface area contributed by atoms with Gasteiger partial charge < -0.3 is 15.3 Å². The molecule has 0 spiro atoms. The summed E-state index contributed by atoms with van der Waals surface area (Å²) in [6.45, 7) is 8.72. The van der Waals surface area contributed by atoms with Crippen LogP contribution in [0.3, 0.4) is 0 Å². The number of para-hydroxylation sites is 1. The second-order valence-corrected chi connectivity index (χ2v) is 6.29. The molecular weight excluding hydrogens is 260 g/mol. The van der Waals surface area contributed by atoms with Gasteiger partial charge in [-0.25, -0.2) is 0 Å². The van der Waals surface area contributed by atoms with Crippen molar-refractivity contribution in [3.05, 3.63) is 29.8 Å². The SMILES string of the molecule is CCC(CC)(CO)CNCc1ccccc1N1CCCC1. The summed E-state index contributed by atoms with van der Waals surface area (Å²) < 4.78 is 0. The second-order valence-electron chi connectivity index (χ2n) is 6.29. The molecule has 0 radical (unpaired) electrons. The lowest BCUT2D eigenvalue weighted by Crippen LogP contribution is -2.36. The summed E-state index contributed by atoms with van der Waals surface area (Å²) in [7, 11) is 0. The molecule has 2 rings (SSSR count). The van der Waals surface area contributed by atoms with Crippen molar-refractivity contribution in [1.29, 1.82) is 0 Å². The van der Waals surface area contributed by atoms with Crippen molar-refractivity contribution in [3.63, 3.8) is 0 Å². The van der Waals surface area contributed by atoms with E-state index in [-0.39, 0.29) is 12.0 Å². The number of hydrogen-bond acceptors (Lipinski definition) is 3. The van der Waals surface area contributed by atoms with Gasteiger partial charge >= 0.3 is 0 Å². The van der Waals surface area contributed by atoms with Crippen LogP contribution in [0.15, 0.2) is 24.3 Å². The molecule has 1 aromatic rings. The molecule has 118 valence electrons. The summed E-state index contributed by atoms with van der Waals surface area (Å²) >= 11 is 0. The van der Waals surface area contributed by atoms with E-state index in [0.29, 0.717) is 0 Å². The maximum Gasteiger partial charge on any atom is 0.0499 e. The summed E-state index contributed by atoms with van der Waals surface area (Å²) in [6.07, 6.45) is 4.64. The lowest BCUT2D eigenvalue weighted by atomic mass is 9.83. The van der Waals surface area contributed by atoms with Crippen LogP contribution in [0.2, 0.25) is 0 Å². The number of aliphatic hydroxyl groups is 1. The first-order valence-corrected chi connectivity index (χ1v) is 8.39. The van der Waals surface area contributed by atoms with Crippen LogP contribution in [0.4, 0.5) is 5.69 Å². The third-order valence-corrected chi connectivity index (χ3v) is 5.09. The lowest BCUT2D eigenvalue weighted by Gasteiger charge is -2.30. The number of aliphatic hydroxyl groups excluding tert-OH is 1. The van der Waals surface area contributed by atoms with Gasteiger partial charge in [0.1, 0.15) is 0 Å². The van der Waals surface area contributed by atoms with E-state index >= 15 is 0 Å². The average molecular weight is 290 g/mol. The van der Waals surface area contributed by atoms with Crippen molar-refractivity contribution < 1.29 is 5.11 Å². The van der Waals surface area contributed by atoms with Crippen molar-refractivity contribution in [2.45, 2.75) is 46.1 Å². The molecule has 0 unspecified atom stereocenters. The average Bonchev–Trinajstić information content (AvgIpc) is 3.07. The van der Waals surface area contributed by atoms with Gasteiger partial charge in [0, 0.05) is 43.9 Å². The second kappa shape index (κ2) is 7.81. The monoisotopic (exact) mass is 290 g/mol. The van der Waals surface area contributed by atoms with Gasteiger partial charge in [0.2, 0.25) is 0 Å². The molecule has 1 heterocycles. The van der Waals surface area contributed by atoms with Crippen molar-refractivity contribution in [2.75, 3.05) is 31.1 Å². The van der Waals surface area contributed by atoms with Crippen LogP contribution in [0.25, 0.3) is 0 Å². The zero-order chi connectivity index (χ0) is 15.1. The third kappa shape index (κ3) is 3.98. The molecule has 0 saturated carbocycles. The maximum atomic E-state index is 9.65. The molecule has 1 aliphatic rings. The van der Waals surface area contributed by atoms with E-state index in [4.69, 9.17) is 0 Å². The lowest BCUT2D eigenvalue weighted by molar-refractivity contribution is 0.113. The molecule has 1 fully saturated rings. The van der Waals surface area contributed by atoms with E-state index in [1.54, 1.807) is 0 Å². The minimum Gasteiger partial charge on any atom is -0.396 e. The fraction of sp³-hybridized carbons (Fsp3) is 0.667. The minimum atomic E-state index is 0.0303. The first kappa shape index (κ1) is 16.3. The number of hydrogen-bond donors (Lipinski definition) is 2. The number of nitrogens with one attached hydrogen (secondary N) is 1. The Labute approximate surface area is 129 Å². The predicted molar refractivity (Wildman–Crippen MR) is 89.7 cm³/mol. The highest BCUT2D eigenvalue weighted by Crippen LogP contribution is 2.26. The Kier molecular flexibility index (Phi) is 6.07. The molecule has 1 aromatic carbocycles. The minimum absolute atomic E-state index is 0.0303. The van der Waals surface area contributed by atoms with Gasteiger partial charge in [0.25, 0.3) is 0 Å². The fourth-order valence-electron chi connectivity index (χ4n) is 3.17. The van der Waals surface area contributed by atoms with Crippen LogP contribution in [0.1, 0.15) is 45.1 Å². The van der Waals surface area contributed by atoms with Gasteiger partial charge in [0.05, 0.1) is 0 Å². The topological polar surface area (TPSA) is 35.5 Å². The van der Waals surface area contributed by atoms with Crippen LogP contribution < -0.4 is 10.2 Å². The summed E-state index contributed by atoms with van der Waals surface area (Å²) in [4.78, 5) is 2.50. The quantitative estimate of drug-likeness (QED) is 0.772. The zero-order valence-electron chi connectivity index (χ0n) is 13.6. The van der Waals surface area contributed by atoms with Gasteiger partial charge in [-0.05, 0) is 37.3 Å². The molecule has 0 aliphatic carbocycles. The van der Waals surface area contributed by atoms with Crippen LogP contribution in [0, 0.1) is 5.41 Å². The largest absolute Gasteiger partial charge is 0.396 e. The van der Waals surface area contributed by atoms with Crippen LogP contribution in [0.5, 0.6) is 0 Å². The van der Waals surface area contributed by atoms with E-state index in [0.717, 1.165) is 25.9 Å². The smallest absolute Gasteiger partial charge is 0.0499 e. The summed E-state index contributed by atoms with van der Waals surface area (Å²) in [6, 6.07) is 8.71. The number of anilines is 1. The van der Waals surface area contributed by atoms with Gasteiger partial charge in [-0.15, -0.1) is 0 Å².